The number of nitrogens with zero attached hydrogens (tertiary/aromatic N) is 1. The highest BCUT2D eigenvalue weighted by Gasteiger charge is 2.16. The standard InChI is InChI=1S/C15H24N2O/c1-11-9-17-14(12(2)15(11)18-3)8-13-6-4-5-7-16-10-13/h9,13,16H,4-8,10H2,1-3H3. The Hall–Kier alpha value is -1.09. The number of hydrogen-bond acceptors (Lipinski definition) is 3. The summed E-state index contributed by atoms with van der Waals surface area (Å²) in [6.07, 6.45) is 6.95. The van der Waals surface area contributed by atoms with Crippen molar-refractivity contribution in [1.29, 1.82) is 0 Å². The van der Waals surface area contributed by atoms with Crippen molar-refractivity contribution in [3.05, 3.63) is 23.0 Å². The Kier molecular flexibility index (Phi) is 4.59. The summed E-state index contributed by atoms with van der Waals surface area (Å²) in [5.74, 6) is 1.72. The first-order valence-electron chi connectivity index (χ1n) is 6.92. The lowest BCUT2D eigenvalue weighted by Gasteiger charge is -2.17. The molecule has 1 aromatic heterocycles. The van der Waals surface area contributed by atoms with Crippen LogP contribution in [0.4, 0.5) is 0 Å². The van der Waals surface area contributed by atoms with E-state index in [4.69, 9.17) is 4.74 Å². The van der Waals surface area contributed by atoms with Crippen LogP contribution < -0.4 is 10.1 Å². The zero-order valence-electron chi connectivity index (χ0n) is 11.8. The van der Waals surface area contributed by atoms with E-state index >= 15 is 0 Å². The number of aromatic nitrogens is 1. The molecule has 2 rings (SSSR count). The lowest BCUT2D eigenvalue weighted by atomic mass is 9.95. The summed E-state index contributed by atoms with van der Waals surface area (Å²) in [6, 6.07) is 0. The van der Waals surface area contributed by atoms with Crippen molar-refractivity contribution in [3.8, 4) is 5.75 Å². The number of pyridine rings is 1. The Morgan fingerprint density at radius 1 is 1.39 bits per heavy atom. The Labute approximate surface area is 110 Å². The van der Waals surface area contributed by atoms with Gasteiger partial charge in [0.25, 0.3) is 0 Å². The Morgan fingerprint density at radius 3 is 3.00 bits per heavy atom. The van der Waals surface area contributed by atoms with E-state index < -0.39 is 0 Å². The fourth-order valence-electron chi connectivity index (χ4n) is 2.82. The normalized spacial score (nSPS) is 20.5. The molecule has 1 fully saturated rings. The number of hydrogen-bond donors (Lipinski definition) is 1. The molecule has 1 N–H and O–H groups in total. The maximum absolute atomic E-state index is 5.47. The lowest BCUT2D eigenvalue weighted by Crippen LogP contribution is -2.22. The molecule has 1 saturated heterocycles. The highest BCUT2D eigenvalue weighted by atomic mass is 16.5. The van der Waals surface area contributed by atoms with Crippen LogP contribution in [0.2, 0.25) is 0 Å². The molecule has 18 heavy (non-hydrogen) atoms. The van der Waals surface area contributed by atoms with Crippen molar-refractivity contribution >= 4 is 0 Å². The van der Waals surface area contributed by atoms with Crippen molar-refractivity contribution in [3.63, 3.8) is 0 Å². The molecule has 0 saturated carbocycles. The SMILES string of the molecule is COc1c(C)cnc(CC2CCCCNC2)c1C. The number of ether oxygens (including phenoxy) is 1. The summed E-state index contributed by atoms with van der Waals surface area (Å²) in [7, 11) is 1.74. The highest BCUT2D eigenvalue weighted by molar-refractivity contribution is 5.41. The molecular formula is C15H24N2O. The molecular weight excluding hydrogens is 224 g/mol. The van der Waals surface area contributed by atoms with E-state index in [1.165, 1.54) is 37.1 Å². The van der Waals surface area contributed by atoms with Gasteiger partial charge >= 0.3 is 0 Å². The van der Waals surface area contributed by atoms with Crippen molar-refractivity contribution in [1.82, 2.24) is 10.3 Å². The first-order valence-corrected chi connectivity index (χ1v) is 6.92. The molecule has 0 amide bonds. The van der Waals surface area contributed by atoms with Gasteiger partial charge in [-0.05, 0) is 52.1 Å². The quantitative estimate of drug-likeness (QED) is 0.893. The fourth-order valence-corrected chi connectivity index (χ4v) is 2.82. The van der Waals surface area contributed by atoms with Crippen molar-refractivity contribution in [2.75, 3.05) is 20.2 Å². The summed E-state index contributed by atoms with van der Waals surface area (Å²) in [5.41, 5.74) is 3.53. The van der Waals surface area contributed by atoms with Crippen LogP contribution in [0.1, 0.15) is 36.1 Å². The van der Waals surface area contributed by atoms with Gasteiger partial charge in [0.05, 0.1) is 7.11 Å². The van der Waals surface area contributed by atoms with Gasteiger partial charge in [0.1, 0.15) is 5.75 Å². The molecule has 1 atom stereocenters. The number of nitrogens with one attached hydrogen (secondary N) is 1. The second-order valence-electron chi connectivity index (χ2n) is 5.32. The van der Waals surface area contributed by atoms with Gasteiger partial charge in [-0.2, -0.15) is 0 Å². The molecule has 0 aliphatic carbocycles. The van der Waals surface area contributed by atoms with Gasteiger partial charge in [-0.25, -0.2) is 0 Å². The lowest BCUT2D eigenvalue weighted by molar-refractivity contribution is 0.404. The van der Waals surface area contributed by atoms with Gasteiger partial charge in [0.15, 0.2) is 0 Å². The predicted octanol–water partition coefficient (Wildman–Crippen LogP) is 2.64. The topological polar surface area (TPSA) is 34.1 Å². The number of methoxy groups -OCH3 is 1. The van der Waals surface area contributed by atoms with Crippen LogP contribution in [0, 0.1) is 19.8 Å². The maximum atomic E-state index is 5.47. The average molecular weight is 248 g/mol. The molecule has 100 valence electrons. The molecule has 0 aromatic carbocycles. The molecule has 0 bridgehead atoms. The van der Waals surface area contributed by atoms with E-state index in [2.05, 4.69) is 24.1 Å². The van der Waals surface area contributed by atoms with Gasteiger partial charge in [-0.1, -0.05) is 6.42 Å². The van der Waals surface area contributed by atoms with E-state index in [0.29, 0.717) is 5.92 Å². The number of rotatable bonds is 3. The van der Waals surface area contributed by atoms with Crippen LogP contribution in [0.25, 0.3) is 0 Å². The first-order chi connectivity index (χ1) is 8.72. The predicted molar refractivity (Wildman–Crippen MR) is 74.2 cm³/mol. The Balaban J connectivity index is 2.13. The minimum absolute atomic E-state index is 0.714. The van der Waals surface area contributed by atoms with Gasteiger partial charge in [0.2, 0.25) is 0 Å². The van der Waals surface area contributed by atoms with E-state index in [1.54, 1.807) is 7.11 Å². The summed E-state index contributed by atoms with van der Waals surface area (Å²) in [4.78, 5) is 4.60. The molecule has 3 nitrogen and oxygen atoms in total. The van der Waals surface area contributed by atoms with Gasteiger partial charge in [0, 0.05) is 23.0 Å². The van der Waals surface area contributed by atoms with E-state index in [9.17, 15) is 0 Å². The largest absolute Gasteiger partial charge is 0.496 e. The third kappa shape index (κ3) is 3.02. The summed E-state index contributed by atoms with van der Waals surface area (Å²) >= 11 is 0. The van der Waals surface area contributed by atoms with E-state index in [1.807, 2.05) is 6.20 Å². The smallest absolute Gasteiger partial charge is 0.128 e. The van der Waals surface area contributed by atoms with Crippen molar-refractivity contribution in [2.45, 2.75) is 39.5 Å². The van der Waals surface area contributed by atoms with Crippen LogP contribution in [-0.4, -0.2) is 25.2 Å². The average Bonchev–Trinajstić information content (AvgIpc) is 2.62. The van der Waals surface area contributed by atoms with Gasteiger partial charge < -0.3 is 10.1 Å². The number of aryl methyl sites for hydroxylation is 1. The molecule has 1 aromatic rings. The Morgan fingerprint density at radius 2 is 2.22 bits per heavy atom. The highest BCUT2D eigenvalue weighted by Crippen LogP contribution is 2.26. The molecule has 2 heterocycles. The van der Waals surface area contributed by atoms with Crippen LogP contribution in [0.15, 0.2) is 6.20 Å². The molecule has 0 radical (unpaired) electrons. The molecule has 0 spiro atoms. The van der Waals surface area contributed by atoms with Crippen molar-refractivity contribution in [2.24, 2.45) is 5.92 Å². The third-order valence-corrected chi connectivity index (χ3v) is 3.88. The second-order valence-corrected chi connectivity index (χ2v) is 5.32. The molecule has 1 aliphatic heterocycles. The third-order valence-electron chi connectivity index (χ3n) is 3.88. The second kappa shape index (κ2) is 6.19. The first kappa shape index (κ1) is 13.3. The van der Waals surface area contributed by atoms with E-state index in [-0.39, 0.29) is 0 Å². The van der Waals surface area contributed by atoms with E-state index in [0.717, 1.165) is 24.3 Å². The van der Waals surface area contributed by atoms with Crippen LogP contribution in [-0.2, 0) is 6.42 Å². The fraction of sp³-hybridized carbons (Fsp3) is 0.667. The summed E-state index contributed by atoms with van der Waals surface area (Å²) < 4.78 is 5.47. The zero-order valence-corrected chi connectivity index (χ0v) is 11.8. The van der Waals surface area contributed by atoms with Crippen LogP contribution in [0.3, 0.4) is 0 Å². The Bertz CT molecular complexity index is 396. The van der Waals surface area contributed by atoms with Gasteiger partial charge in [-0.3, -0.25) is 4.98 Å². The van der Waals surface area contributed by atoms with Crippen LogP contribution >= 0.6 is 0 Å². The summed E-state index contributed by atoms with van der Waals surface area (Å²) in [5, 5.41) is 3.52. The van der Waals surface area contributed by atoms with Crippen LogP contribution in [0.5, 0.6) is 5.75 Å². The van der Waals surface area contributed by atoms with Crippen molar-refractivity contribution < 1.29 is 4.74 Å². The minimum Gasteiger partial charge on any atom is -0.496 e. The molecule has 3 heteroatoms. The van der Waals surface area contributed by atoms with Gasteiger partial charge in [-0.15, -0.1) is 0 Å². The summed E-state index contributed by atoms with van der Waals surface area (Å²) in [6.45, 7) is 6.46. The molecule has 1 unspecified atom stereocenters. The molecule has 1 aliphatic rings. The zero-order chi connectivity index (χ0) is 13.0. The maximum Gasteiger partial charge on any atom is 0.128 e. The minimum atomic E-state index is 0.714. The monoisotopic (exact) mass is 248 g/mol.